The molecule has 2 unspecified atom stereocenters. The highest BCUT2D eigenvalue weighted by molar-refractivity contribution is 7.93. The van der Waals surface area contributed by atoms with Crippen LogP contribution in [0.2, 0.25) is 0 Å². The molecule has 3 aliphatic rings. The average molecular weight is 375 g/mol. The fourth-order valence-corrected chi connectivity index (χ4v) is 6.21. The van der Waals surface area contributed by atoms with E-state index in [1.54, 1.807) is 6.20 Å². The molecule has 26 heavy (non-hydrogen) atoms. The van der Waals surface area contributed by atoms with Gasteiger partial charge < -0.3 is 9.31 Å². The Hall–Kier alpha value is -1.18. The Bertz CT molecular complexity index is 829. The lowest BCUT2D eigenvalue weighted by atomic mass is 9.80. The molecule has 2 atom stereocenters. The van der Waals surface area contributed by atoms with Crippen LogP contribution in [0.15, 0.2) is 24.4 Å². The van der Waals surface area contributed by atoms with E-state index in [4.69, 9.17) is 9.31 Å². The summed E-state index contributed by atoms with van der Waals surface area (Å²) in [7, 11) is -3.43. The van der Waals surface area contributed by atoms with E-state index >= 15 is 0 Å². The van der Waals surface area contributed by atoms with E-state index in [-0.39, 0.29) is 21.7 Å². The van der Waals surface area contributed by atoms with Crippen molar-refractivity contribution in [2.24, 2.45) is 0 Å². The van der Waals surface area contributed by atoms with Crippen LogP contribution in [0.4, 0.5) is 0 Å². The molecule has 2 saturated heterocycles. The number of hydrogen-bond acceptors (Lipinski definition) is 5. The SMILES string of the molecule is CC1(C)OB(c2ccc(C3=CC4CCCC(C3)S4(=O)=O)nc2)OC1(C)C. The predicted octanol–water partition coefficient (Wildman–Crippen LogP) is 2.50. The molecule has 2 bridgehead atoms. The second-order valence-corrected chi connectivity index (χ2v) is 11.1. The number of allylic oxidation sites excluding steroid dienone is 1. The van der Waals surface area contributed by atoms with Gasteiger partial charge in [0, 0.05) is 11.7 Å². The van der Waals surface area contributed by atoms with Gasteiger partial charge in [-0.2, -0.15) is 0 Å². The molecule has 7 heteroatoms. The highest BCUT2D eigenvalue weighted by Gasteiger charge is 2.51. The molecule has 3 aliphatic heterocycles. The van der Waals surface area contributed by atoms with Crippen molar-refractivity contribution in [2.45, 2.75) is 75.1 Å². The number of sulfone groups is 1. The third kappa shape index (κ3) is 2.84. The Morgan fingerprint density at radius 2 is 1.81 bits per heavy atom. The predicted molar refractivity (Wildman–Crippen MR) is 103 cm³/mol. The van der Waals surface area contributed by atoms with Crippen LogP contribution in [-0.4, -0.2) is 42.2 Å². The number of rotatable bonds is 2. The van der Waals surface area contributed by atoms with Crippen molar-refractivity contribution in [2.75, 3.05) is 0 Å². The summed E-state index contributed by atoms with van der Waals surface area (Å²) in [6.45, 7) is 8.11. The summed E-state index contributed by atoms with van der Waals surface area (Å²) in [5.41, 5.74) is 2.03. The molecular formula is C19H26BNO4S. The van der Waals surface area contributed by atoms with Gasteiger partial charge in [-0.1, -0.05) is 18.6 Å². The number of nitrogens with zero attached hydrogens (tertiary/aromatic N) is 1. The lowest BCUT2D eigenvalue weighted by Crippen LogP contribution is -2.41. The van der Waals surface area contributed by atoms with E-state index in [0.29, 0.717) is 6.42 Å². The molecule has 0 radical (unpaired) electrons. The van der Waals surface area contributed by atoms with Gasteiger partial charge in [-0.15, -0.1) is 0 Å². The lowest BCUT2D eigenvalue weighted by molar-refractivity contribution is 0.00578. The lowest BCUT2D eigenvalue weighted by Gasteiger charge is -2.33. The highest BCUT2D eigenvalue weighted by Crippen LogP contribution is 2.39. The Morgan fingerprint density at radius 3 is 2.38 bits per heavy atom. The molecule has 0 aliphatic carbocycles. The van der Waals surface area contributed by atoms with E-state index in [9.17, 15) is 8.42 Å². The van der Waals surface area contributed by atoms with Gasteiger partial charge in [-0.05, 0) is 58.6 Å². The van der Waals surface area contributed by atoms with Crippen LogP contribution in [0.3, 0.4) is 0 Å². The second-order valence-electron chi connectivity index (χ2n) is 8.64. The maximum absolute atomic E-state index is 12.4. The molecular weight excluding hydrogens is 349 g/mol. The molecule has 4 rings (SSSR count). The van der Waals surface area contributed by atoms with Gasteiger partial charge in [0.15, 0.2) is 9.84 Å². The summed E-state index contributed by atoms with van der Waals surface area (Å²) in [5, 5.41) is -0.583. The van der Waals surface area contributed by atoms with E-state index < -0.39 is 17.0 Å². The van der Waals surface area contributed by atoms with Gasteiger partial charge >= 0.3 is 7.12 Å². The normalized spacial score (nSPS) is 31.5. The van der Waals surface area contributed by atoms with Gasteiger partial charge in [0.05, 0.1) is 27.4 Å². The maximum atomic E-state index is 12.4. The number of aromatic nitrogens is 1. The van der Waals surface area contributed by atoms with Gasteiger partial charge in [0.2, 0.25) is 0 Å². The standard InChI is InChI=1S/C19H26BNO4S/c1-18(2)19(3,4)25-20(24-18)14-8-9-17(21-12-14)13-10-15-6-5-7-16(11-13)26(15,22)23/h8-10,12,15-16H,5-7,11H2,1-4H3. The smallest absolute Gasteiger partial charge is 0.399 e. The van der Waals surface area contributed by atoms with Crippen molar-refractivity contribution in [1.29, 1.82) is 0 Å². The molecule has 1 aromatic rings. The summed E-state index contributed by atoms with van der Waals surface area (Å²) in [6.07, 6.45) is 6.77. The van der Waals surface area contributed by atoms with Gasteiger partial charge in [0.1, 0.15) is 0 Å². The minimum atomic E-state index is -3.00. The van der Waals surface area contributed by atoms with Crippen LogP contribution in [0.1, 0.15) is 59.1 Å². The summed E-state index contributed by atoms with van der Waals surface area (Å²) >= 11 is 0. The largest absolute Gasteiger partial charge is 0.496 e. The van der Waals surface area contributed by atoms with E-state index in [0.717, 1.165) is 36.0 Å². The van der Waals surface area contributed by atoms with E-state index in [2.05, 4.69) is 4.98 Å². The fraction of sp³-hybridized carbons (Fsp3) is 0.632. The van der Waals surface area contributed by atoms with Crippen molar-refractivity contribution >= 4 is 28.0 Å². The number of hydrogen-bond donors (Lipinski definition) is 0. The molecule has 2 fully saturated rings. The van der Waals surface area contributed by atoms with Crippen LogP contribution in [-0.2, 0) is 19.1 Å². The van der Waals surface area contributed by atoms with Crippen molar-refractivity contribution in [3.8, 4) is 0 Å². The number of pyridine rings is 1. The van der Waals surface area contributed by atoms with Crippen molar-refractivity contribution < 1.29 is 17.7 Å². The Morgan fingerprint density at radius 1 is 1.12 bits per heavy atom. The molecule has 0 spiro atoms. The summed E-state index contributed by atoms with van der Waals surface area (Å²) < 4.78 is 37.0. The molecule has 0 N–H and O–H groups in total. The molecule has 0 aromatic carbocycles. The zero-order chi connectivity index (χ0) is 18.7. The molecule has 1 aromatic heterocycles. The van der Waals surface area contributed by atoms with Crippen molar-refractivity contribution in [3.63, 3.8) is 0 Å². The third-order valence-electron chi connectivity index (χ3n) is 6.38. The van der Waals surface area contributed by atoms with Crippen LogP contribution >= 0.6 is 0 Å². The van der Waals surface area contributed by atoms with Gasteiger partial charge in [0.25, 0.3) is 0 Å². The second kappa shape index (κ2) is 5.91. The summed E-state index contributed by atoms with van der Waals surface area (Å²) in [5.74, 6) is 0. The molecule has 4 heterocycles. The summed E-state index contributed by atoms with van der Waals surface area (Å²) in [6, 6.07) is 3.93. The van der Waals surface area contributed by atoms with Gasteiger partial charge in [-0.25, -0.2) is 8.42 Å². The molecule has 140 valence electrons. The van der Waals surface area contributed by atoms with Crippen LogP contribution < -0.4 is 5.46 Å². The van der Waals surface area contributed by atoms with Crippen LogP contribution in [0.25, 0.3) is 5.57 Å². The topological polar surface area (TPSA) is 65.5 Å². The zero-order valence-corrected chi connectivity index (χ0v) is 16.7. The van der Waals surface area contributed by atoms with Gasteiger partial charge in [-0.3, -0.25) is 4.98 Å². The van der Waals surface area contributed by atoms with Crippen LogP contribution in [0, 0.1) is 0 Å². The molecule has 0 saturated carbocycles. The molecule has 5 nitrogen and oxygen atoms in total. The van der Waals surface area contributed by atoms with Crippen molar-refractivity contribution in [3.05, 3.63) is 30.1 Å². The minimum Gasteiger partial charge on any atom is -0.399 e. The van der Waals surface area contributed by atoms with E-state index in [1.807, 2.05) is 45.9 Å². The first-order valence-corrected chi connectivity index (χ1v) is 11.0. The first-order valence-electron chi connectivity index (χ1n) is 9.35. The Kier molecular flexibility index (Phi) is 4.14. The zero-order valence-electron chi connectivity index (χ0n) is 15.9. The van der Waals surface area contributed by atoms with Crippen molar-refractivity contribution in [1.82, 2.24) is 4.98 Å². The Labute approximate surface area is 156 Å². The monoisotopic (exact) mass is 375 g/mol. The average Bonchev–Trinajstić information content (AvgIpc) is 2.74. The fourth-order valence-electron chi connectivity index (χ4n) is 3.96. The number of fused-ring (bicyclic) bond motifs is 2. The van der Waals surface area contributed by atoms with E-state index in [1.165, 1.54) is 0 Å². The first-order chi connectivity index (χ1) is 12.1. The van der Waals surface area contributed by atoms with Crippen LogP contribution in [0.5, 0.6) is 0 Å². The maximum Gasteiger partial charge on any atom is 0.496 e. The molecule has 0 amide bonds. The first kappa shape index (κ1) is 18.2. The third-order valence-corrected chi connectivity index (χ3v) is 8.92. The summed E-state index contributed by atoms with van der Waals surface area (Å²) in [4.78, 5) is 4.59. The highest BCUT2D eigenvalue weighted by atomic mass is 32.2. The Balaban J connectivity index is 1.57. The minimum absolute atomic E-state index is 0.245. The quantitative estimate of drug-likeness (QED) is 0.744.